The van der Waals surface area contributed by atoms with Gasteiger partial charge in [-0.05, 0) is 74.1 Å². The average Bonchev–Trinajstić information content (AvgIpc) is 2.52. The molecule has 0 atom stereocenters. The summed E-state index contributed by atoms with van der Waals surface area (Å²) < 4.78 is 52.6. The molecule has 23 heavy (non-hydrogen) atoms. The fourth-order valence-electron chi connectivity index (χ4n) is 3.24. The molecule has 1 saturated carbocycles. The highest BCUT2D eigenvalue weighted by Gasteiger charge is 2.22. The number of rotatable bonds is 7. The third-order valence-corrected chi connectivity index (χ3v) is 4.45. The van der Waals surface area contributed by atoms with Crippen molar-refractivity contribution in [2.75, 3.05) is 0 Å². The molecule has 0 amide bonds. The number of alkyl halides is 4. The molecule has 1 aromatic carbocycles. The zero-order valence-corrected chi connectivity index (χ0v) is 12.9. The van der Waals surface area contributed by atoms with E-state index in [-0.39, 0.29) is 5.75 Å². The van der Waals surface area contributed by atoms with Crippen molar-refractivity contribution in [3.63, 3.8) is 0 Å². The summed E-state index contributed by atoms with van der Waals surface area (Å²) in [5, 5.41) is 0. The molecule has 0 aliphatic heterocycles. The van der Waals surface area contributed by atoms with E-state index in [1.807, 2.05) is 12.1 Å². The smallest absolute Gasteiger partial charge is 0.387 e. The molecule has 1 nitrogen and oxygen atoms in total. The summed E-state index contributed by atoms with van der Waals surface area (Å²) in [6.45, 7) is -2.80. The minimum atomic E-state index is -2.80. The van der Waals surface area contributed by atoms with E-state index >= 15 is 0 Å². The van der Waals surface area contributed by atoms with E-state index in [1.54, 1.807) is 18.2 Å². The summed E-state index contributed by atoms with van der Waals surface area (Å²) >= 11 is 0. The van der Waals surface area contributed by atoms with Crippen LogP contribution in [0.4, 0.5) is 17.6 Å². The first kappa shape index (κ1) is 17.8. The van der Waals surface area contributed by atoms with Crippen molar-refractivity contribution in [3.8, 4) is 5.75 Å². The molecule has 0 heterocycles. The normalized spacial score (nSPS) is 22.2. The molecule has 128 valence electrons. The van der Waals surface area contributed by atoms with Crippen LogP contribution < -0.4 is 4.74 Å². The maximum Gasteiger partial charge on any atom is 0.387 e. The molecule has 0 bridgehead atoms. The fraction of sp³-hybridized carbons (Fsp3) is 0.556. The Hall–Kier alpha value is -1.52. The van der Waals surface area contributed by atoms with Crippen LogP contribution in [0.15, 0.2) is 36.4 Å². The Bertz CT molecular complexity index is 476. The van der Waals surface area contributed by atoms with Crippen LogP contribution in [0, 0.1) is 5.92 Å². The van der Waals surface area contributed by atoms with E-state index in [9.17, 15) is 17.6 Å². The molecule has 0 saturated heterocycles. The topological polar surface area (TPSA) is 9.23 Å². The predicted molar refractivity (Wildman–Crippen MR) is 82.2 cm³/mol. The largest absolute Gasteiger partial charge is 0.435 e. The first-order valence-corrected chi connectivity index (χ1v) is 8.04. The third-order valence-electron chi connectivity index (χ3n) is 4.45. The van der Waals surface area contributed by atoms with Crippen molar-refractivity contribution in [1.82, 2.24) is 0 Å². The number of ether oxygens (including phenoxy) is 1. The summed E-state index contributed by atoms with van der Waals surface area (Å²) in [6, 6.07) is 6.88. The van der Waals surface area contributed by atoms with Crippen LogP contribution in [0.1, 0.15) is 50.0 Å². The van der Waals surface area contributed by atoms with Gasteiger partial charge in [-0.3, -0.25) is 0 Å². The Morgan fingerprint density at radius 2 is 1.65 bits per heavy atom. The number of benzene rings is 1. The lowest BCUT2D eigenvalue weighted by Gasteiger charge is -2.28. The van der Waals surface area contributed by atoms with Crippen LogP contribution in [0.25, 0.3) is 0 Å². The van der Waals surface area contributed by atoms with Gasteiger partial charge in [0.15, 0.2) is 0 Å². The molecule has 2 rings (SSSR count). The van der Waals surface area contributed by atoms with Crippen LogP contribution in [-0.4, -0.2) is 13.0 Å². The van der Waals surface area contributed by atoms with Gasteiger partial charge in [0.25, 0.3) is 6.43 Å². The molecule has 0 N–H and O–H groups in total. The average molecular weight is 330 g/mol. The third kappa shape index (κ3) is 6.24. The van der Waals surface area contributed by atoms with Crippen molar-refractivity contribution in [1.29, 1.82) is 0 Å². The van der Waals surface area contributed by atoms with E-state index in [2.05, 4.69) is 4.74 Å². The number of hydrogen-bond acceptors (Lipinski definition) is 1. The van der Waals surface area contributed by atoms with Gasteiger partial charge in [-0.1, -0.05) is 18.2 Å². The van der Waals surface area contributed by atoms with Crippen molar-refractivity contribution >= 4 is 0 Å². The van der Waals surface area contributed by atoms with Crippen LogP contribution in [0.5, 0.6) is 5.75 Å². The Morgan fingerprint density at radius 1 is 1.00 bits per heavy atom. The van der Waals surface area contributed by atoms with Gasteiger partial charge in [0.1, 0.15) is 5.75 Å². The standard InChI is InChI=1S/C18H22F4O/c19-17(20)4-2-1-3-13-5-7-14(8-6-13)15-9-11-16(12-10-15)23-18(21)22/h2,4,9-14,17-18H,1,3,5-8H2/b4-2+. The Balaban J connectivity index is 1.75. The van der Waals surface area contributed by atoms with Crippen molar-refractivity contribution < 1.29 is 22.3 Å². The van der Waals surface area contributed by atoms with Gasteiger partial charge in [0.05, 0.1) is 0 Å². The second-order valence-corrected chi connectivity index (χ2v) is 6.01. The quantitative estimate of drug-likeness (QED) is 0.429. The van der Waals surface area contributed by atoms with Crippen molar-refractivity contribution in [3.05, 3.63) is 42.0 Å². The number of hydrogen-bond donors (Lipinski definition) is 0. The van der Waals surface area contributed by atoms with E-state index in [4.69, 9.17) is 0 Å². The van der Waals surface area contributed by atoms with E-state index in [0.29, 0.717) is 18.3 Å². The zero-order valence-electron chi connectivity index (χ0n) is 12.9. The first-order chi connectivity index (χ1) is 11.0. The summed E-state index contributed by atoms with van der Waals surface area (Å²) in [7, 11) is 0. The SMILES string of the molecule is FC(F)/C=C/CCC1CCC(c2ccc(OC(F)F)cc2)CC1. The summed E-state index contributed by atoms with van der Waals surface area (Å²) in [4.78, 5) is 0. The number of halogens is 4. The zero-order chi connectivity index (χ0) is 16.7. The maximum atomic E-state index is 12.1. The summed E-state index contributed by atoms with van der Waals surface area (Å²) in [6.07, 6.45) is 6.10. The second-order valence-electron chi connectivity index (χ2n) is 6.01. The predicted octanol–water partition coefficient (Wildman–Crippen LogP) is 6.16. The van der Waals surface area contributed by atoms with Crippen LogP contribution in [0.3, 0.4) is 0 Å². The van der Waals surface area contributed by atoms with Gasteiger partial charge in [-0.25, -0.2) is 8.78 Å². The molecule has 1 aliphatic carbocycles. The van der Waals surface area contributed by atoms with Crippen LogP contribution >= 0.6 is 0 Å². The molecular weight excluding hydrogens is 308 g/mol. The first-order valence-electron chi connectivity index (χ1n) is 8.04. The molecule has 1 aliphatic rings. The molecule has 1 fully saturated rings. The van der Waals surface area contributed by atoms with Crippen LogP contribution in [0.2, 0.25) is 0 Å². The molecule has 0 aromatic heterocycles. The van der Waals surface area contributed by atoms with Gasteiger partial charge in [0, 0.05) is 0 Å². The van der Waals surface area contributed by atoms with E-state index in [1.165, 1.54) is 0 Å². The number of allylic oxidation sites excluding steroid dienone is 2. The van der Waals surface area contributed by atoms with Crippen LogP contribution in [-0.2, 0) is 0 Å². The molecule has 1 aromatic rings. The maximum absolute atomic E-state index is 12.1. The van der Waals surface area contributed by atoms with Gasteiger partial charge < -0.3 is 4.74 Å². The van der Waals surface area contributed by atoms with E-state index < -0.39 is 13.0 Å². The van der Waals surface area contributed by atoms with Gasteiger partial charge in [-0.15, -0.1) is 0 Å². The minimum absolute atomic E-state index is 0.184. The summed E-state index contributed by atoms with van der Waals surface area (Å²) in [5.41, 5.74) is 1.16. The van der Waals surface area contributed by atoms with Gasteiger partial charge in [-0.2, -0.15) is 8.78 Å². The fourth-order valence-corrected chi connectivity index (χ4v) is 3.24. The molecule has 0 unspecified atom stereocenters. The highest BCUT2D eigenvalue weighted by atomic mass is 19.3. The van der Waals surface area contributed by atoms with Crippen molar-refractivity contribution in [2.24, 2.45) is 5.92 Å². The second kappa shape index (κ2) is 8.94. The minimum Gasteiger partial charge on any atom is -0.435 e. The van der Waals surface area contributed by atoms with Crippen molar-refractivity contribution in [2.45, 2.75) is 57.5 Å². The highest BCUT2D eigenvalue weighted by molar-refractivity contribution is 5.29. The monoisotopic (exact) mass is 330 g/mol. The molecule has 0 spiro atoms. The molecule has 5 heteroatoms. The van der Waals surface area contributed by atoms with Gasteiger partial charge in [0.2, 0.25) is 0 Å². The Kier molecular flexibility index (Phi) is 6.93. The van der Waals surface area contributed by atoms with Gasteiger partial charge >= 0.3 is 6.61 Å². The molecular formula is C18H22F4O. The lowest BCUT2D eigenvalue weighted by atomic mass is 9.77. The highest BCUT2D eigenvalue weighted by Crippen LogP contribution is 2.38. The Labute approximate surface area is 134 Å². The lowest BCUT2D eigenvalue weighted by Crippen LogP contribution is -2.13. The molecule has 0 radical (unpaired) electrons. The Morgan fingerprint density at radius 3 is 2.22 bits per heavy atom. The van der Waals surface area contributed by atoms with E-state index in [0.717, 1.165) is 43.7 Å². The lowest BCUT2D eigenvalue weighted by molar-refractivity contribution is -0.0498. The summed E-state index contributed by atoms with van der Waals surface area (Å²) in [5.74, 6) is 1.22.